The van der Waals surface area contributed by atoms with Crippen LogP contribution in [0.5, 0.6) is 0 Å². The van der Waals surface area contributed by atoms with E-state index in [1.165, 1.54) is 3.97 Å². The molecule has 1 aliphatic rings. The highest BCUT2D eigenvalue weighted by Crippen LogP contribution is 2.33. The van der Waals surface area contributed by atoms with Gasteiger partial charge in [-0.2, -0.15) is 0 Å². The van der Waals surface area contributed by atoms with Gasteiger partial charge in [-0.05, 0) is 55.5 Å². The summed E-state index contributed by atoms with van der Waals surface area (Å²) in [5.74, 6) is 0.313. The van der Waals surface area contributed by atoms with Gasteiger partial charge in [-0.15, -0.1) is 0 Å². The fourth-order valence-electron chi connectivity index (χ4n) is 3.63. The fourth-order valence-corrected chi connectivity index (χ4v) is 5.18. The predicted octanol–water partition coefficient (Wildman–Crippen LogP) is 3.12. The van der Waals surface area contributed by atoms with Crippen LogP contribution in [0.15, 0.2) is 59.6 Å². The number of hydrogen-bond acceptors (Lipinski definition) is 5. The molecule has 4 rings (SSSR count). The number of pyridine rings is 1. The van der Waals surface area contributed by atoms with E-state index in [2.05, 4.69) is 4.98 Å². The summed E-state index contributed by atoms with van der Waals surface area (Å²) in [6.45, 7) is 1.37. The van der Waals surface area contributed by atoms with E-state index in [-0.39, 0.29) is 4.90 Å². The van der Waals surface area contributed by atoms with Crippen molar-refractivity contribution in [3.63, 3.8) is 0 Å². The number of benzene rings is 1. The molecule has 0 bridgehead atoms. The number of nitrogens with zero attached hydrogens (tertiary/aromatic N) is 2. The third kappa shape index (κ3) is 3.50. The van der Waals surface area contributed by atoms with Crippen LogP contribution in [0.3, 0.4) is 0 Å². The molecular weight excluding hydrogens is 364 g/mol. The van der Waals surface area contributed by atoms with Crippen LogP contribution in [0.2, 0.25) is 0 Å². The van der Waals surface area contributed by atoms with Crippen molar-refractivity contribution >= 4 is 21.1 Å². The maximum atomic E-state index is 13.3. The Hall–Kier alpha value is -2.22. The molecule has 0 saturated carbocycles. The summed E-state index contributed by atoms with van der Waals surface area (Å²) in [6.07, 6.45) is 2.93. The van der Waals surface area contributed by atoms with E-state index in [1.807, 2.05) is 6.07 Å². The van der Waals surface area contributed by atoms with Gasteiger partial charge in [-0.1, -0.05) is 18.2 Å². The second-order valence-corrected chi connectivity index (χ2v) is 8.66. The van der Waals surface area contributed by atoms with E-state index in [0.717, 1.165) is 12.8 Å². The molecule has 1 unspecified atom stereocenters. The first-order chi connectivity index (χ1) is 13.1. The Morgan fingerprint density at radius 1 is 1.15 bits per heavy atom. The first-order valence-corrected chi connectivity index (χ1v) is 10.5. The van der Waals surface area contributed by atoms with E-state index in [4.69, 9.17) is 4.74 Å². The lowest BCUT2D eigenvalue weighted by Crippen LogP contribution is -2.21. The minimum Gasteiger partial charge on any atom is -0.387 e. The van der Waals surface area contributed by atoms with Crippen LogP contribution in [-0.4, -0.2) is 35.7 Å². The average Bonchev–Trinajstić information content (AvgIpc) is 3.10. The highest BCUT2D eigenvalue weighted by atomic mass is 32.2. The molecule has 3 heterocycles. The van der Waals surface area contributed by atoms with Gasteiger partial charge in [-0.25, -0.2) is 17.4 Å². The van der Waals surface area contributed by atoms with Crippen LogP contribution < -0.4 is 0 Å². The van der Waals surface area contributed by atoms with Crippen LogP contribution in [0.4, 0.5) is 0 Å². The second-order valence-electron chi connectivity index (χ2n) is 6.88. The van der Waals surface area contributed by atoms with Crippen molar-refractivity contribution in [3.05, 3.63) is 60.4 Å². The zero-order chi connectivity index (χ0) is 18.9. The predicted molar refractivity (Wildman–Crippen MR) is 102 cm³/mol. The molecule has 1 aromatic carbocycles. The molecule has 3 aromatic rings. The van der Waals surface area contributed by atoms with Gasteiger partial charge in [0.25, 0.3) is 10.0 Å². The molecule has 6 nitrogen and oxygen atoms in total. The van der Waals surface area contributed by atoms with Crippen molar-refractivity contribution in [1.82, 2.24) is 8.96 Å². The Labute approximate surface area is 158 Å². The van der Waals surface area contributed by atoms with E-state index in [1.54, 1.807) is 48.7 Å². The van der Waals surface area contributed by atoms with E-state index >= 15 is 0 Å². The summed E-state index contributed by atoms with van der Waals surface area (Å²) in [5, 5.41) is 11.6. The first kappa shape index (κ1) is 18.2. The third-order valence-electron chi connectivity index (χ3n) is 5.07. The highest BCUT2D eigenvalue weighted by molar-refractivity contribution is 7.90. The monoisotopic (exact) mass is 386 g/mol. The minimum absolute atomic E-state index is 0.174. The third-order valence-corrected chi connectivity index (χ3v) is 6.80. The lowest BCUT2D eigenvalue weighted by Gasteiger charge is -2.24. The van der Waals surface area contributed by atoms with Gasteiger partial charge in [0, 0.05) is 24.8 Å². The van der Waals surface area contributed by atoms with Gasteiger partial charge in [0.1, 0.15) is 0 Å². The Bertz CT molecular complexity index is 1020. The maximum absolute atomic E-state index is 13.3. The van der Waals surface area contributed by atoms with Crippen LogP contribution in [0, 0.1) is 5.92 Å². The lowest BCUT2D eigenvalue weighted by atomic mass is 9.92. The molecule has 1 saturated heterocycles. The van der Waals surface area contributed by atoms with Crippen molar-refractivity contribution in [2.75, 3.05) is 13.2 Å². The average molecular weight is 386 g/mol. The number of fused-ring (bicyclic) bond motifs is 1. The summed E-state index contributed by atoms with van der Waals surface area (Å²) in [7, 11) is -3.87. The molecule has 1 fully saturated rings. The van der Waals surface area contributed by atoms with Crippen molar-refractivity contribution in [2.24, 2.45) is 5.92 Å². The number of aliphatic hydroxyl groups is 1. The van der Waals surface area contributed by atoms with E-state index in [0.29, 0.717) is 42.3 Å². The standard InChI is InChI=1S/C20H22N2O4S/c23-19(13-15-8-11-26-12-9-15)18-14-16-5-4-10-21-20(16)22(18)27(24,25)17-6-2-1-3-7-17/h1-7,10,14-15,19,23H,8-9,11-13H2. The Balaban J connectivity index is 1.80. The summed E-state index contributed by atoms with van der Waals surface area (Å²) < 4.78 is 33.2. The molecule has 1 aliphatic heterocycles. The van der Waals surface area contributed by atoms with Crippen LogP contribution >= 0.6 is 0 Å². The zero-order valence-corrected chi connectivity index (χ0v) is 15.7. The normalized spacial score (nSPS) is 17.2. The van der Waals surface area contributed by atoms with Crippen LogP contribution in [0.25, 0.3) is 11.0 Å². The van der Waals surface area contributed by atoms with Crippen molar-refractivity contribution in [2.45, 2.75) is 30.3 Å². The first-order valence-electron chi connectivity index (χ1n) is 9.10. The van der Waals surface area contributed by atoms with Gasteiger partial charge in [-0.3, -0.25) is 0 Å². The van der Waals surface area contributed by atoms with Gasteiger partial charge < -0.3 is 9.84 Å². The highest BCUT2D eigenvalue weighted by Gasteiger charge is 2.28. The lowest BCUT2D eigenvalue weighted by molar-refractivity contribution is 0.0426. The molecule has 0 amide bonds. The largest absolute Gasteiger partial charge is 0.387 e. The summed E-state index contributed by atoms with van der Waals surface area (Å²) in [5.41, 5.74) is 0.696. The molecule has 142 valence electrons. The van der Waals surface area contributed by atoms with Crippen molar-refractivity contribution in [1.29, 1.82) is 0 Å². The van der Waals surface area contributed by atoms with Crippen molar-refractivity contribution in [3.8, 4) is 0 Å². The quantitative estimate of drug-likeness (QED) is 0.729. The topological polar surface area (TPSA) is 81.4 Å². The SMILES string of the molecule is O=S(=O)(c1ccccc1)n1c(C(O)CC2CCOCC2)cc2cccnc21. The molecule has 2 aromatic heterocycles. The number of rotatable bonds is 5. The number of hydrogen-bond donors (Lipinski definition) is 1. The van der Waals surface area contributed by atoms with Gasteiger partial charge in [0.05, 0.1) is 16.7 Å². The van der Waals surface area contributed by atoms with E-state index in [9.17, 15) is 13.5 Å². The minimum atomic E-state index is -3.87. The molecule has 0 radical (unpaired) electrons. The Morgan fingerprint density at radius 2 is 1.89 bits per heavy atom. The molecule has 27 heavy (non-hydrogen) atoms. The molecule has 0 spiro atoms. The summed E-state index contributed by atoms with van der Waals surface area (Å²) >= 11 is 0. The Morgan fingerprint density at radius 3 is 2.63 bits per heavy atom. The maximum Gasteiger partial charge on any atom is 0.269 e. The second kappa shape index (κ2) is 7.42. The smallest absolute Gasteiger partial charge is 0.269 e. The Kier molecular flexibility index (Phi) is 4.99. The van der Waals surface area contributed by atoms with Gasteiger partial charge in [0.2, 0.25) is 0 Å². The van der Waals surface area contributed by atoms with E-state index < -0.39 is 16.1 Å². The number of aliphatic hydroxyl groups excluding tert-OH is 1. The van der Waals surface area contributed by atoms with Crippen LogP contribution in [0.1, 0.15) is 31.1 Å². The number of aromatic nitrogens is 2. The van der Waals surface area contributed by atoms with Gasteiger partial charge >= 0.3 is 0 Å². The summed E-state index contributed by atoms with van der Waals surface area (Å²) in [4.78, 5) is 4.45. The summed E-state index contributed by atoms with van der Waals surface area (Å²) in [6, 6.07) is 13.5. The number of ether oxygens (including phenoxy) is 1. The molecule has 7 heteroatoms. The molecular formula is C20H22N2O4S. The fraction of sp³-hybridized carbons (Fsp3) is 0.350. The zero-order valence-electron chi connectivity index (χ0n) is 14.9. The molecule has 0 aliphatic carbocycles. The molecule has 1 atom stereocenters. The van der Waals surface area contributed by atoms with Crippen molar-refractivity contribution < 1.29 is 18.3 Å². The van der Waals surface area contributed by atoms with Crippen LogP contribution in [-0.2, 0) is 14.8 Å². The van der Waals surface area contributed by atoms with Gasteiger partial charge in [0.15, 0.2) is 5.65 Å². The molecule has 1 N–H and O–H groups in total.